The number of hydrogen-bond acceptors (Lipinski definition) is 7. The van der Waals surface area contributed by atoms with Crippen molar-refractivity contribution in [1.82, 2.24) is 14.7 Å². The van der Waals surface area contributed by atoms with Gasteiger partial charge in [-0.3, -0.25) is 19.3 Å². The number of aliphatic hydroxyl groups excluding tert-OH is 1. The molecule has 0 aromatic rings. The molecule has 2 unspecified atom stereocenters. The van der Waals surface area contributed by atoms with Crippen LogP contribution in [0.2, 0.25) is 0 Å². The van der Waals surface area contributed by atoms with Crippen molar-refractivity contribution in [1.29, 1.82) is 0 Å². The van der Waals surface area contributed by atoms with Gasteiger partial charge in [0, 0.05) is 38.0 Å². The van der Waals surface area contributed by atoms with Gasteiger partial charge in [0.15, 0.2) is 0 Å². The average Bonchev–Trinajstić information content (AvgIpc) is 3.46. The van der Waals surface area contributed by atoms with E-state index in [9.17, 15) is 24.6 Å². The van der Waals surface area contributed by atoms with Gasteiger partial charge in [-0.05, 0) is 19.3 Å². The van der Waals surface area contributed by atoms with Crippen molar-refractivity contribution in [2.45, 2.75) is 48.3 Å². The second-order valence-corrected chi connectivity index (χ2v) is 11.0. The minimum absolute atomic E-state index is 0.149. The number of aliphatic carboxylic acids is 1. The van der Waals surface area contributed by atoms with Gasteiger partial charge in [-0.25, -0.2) is 0 Å². The number of ether oxygens (including phenoxy) is 1. The van der Waals surface area contributed by atoms with E-state index in [1.54, 1.807) is 15.9 Å². The number of morpholine rings is 1. The lowest BCUT2D eigenvalue weighted by Crippen LogP contribution is -2.58. The Balaban J connectivity index is 1.65. The fourth-order valence-electron chi connectivity index (χ4n) is 6.17. The van der Waals surface area contributed by atoms with E-state index in [-0.39, 0.29) is 23.7 Å². The summed E-state index contributed by atoms with van der Waals surface area (Å²) in [6.45, 7) is 9.98. The fourth-order valence-corrected chi connectivity index (χ4v) is 8.36. The zero-order valence-corrected chi connectivity index (χ0v) is 20.0. The lowest BCUT2D eigenvalue weighted by molar-refractivity contribution is -0.149. The highest BCUT2D eigenvalue weighted by Crippen LogP contribution is 2.66. The molecule has 0 aliphatic carbocycles. The second kappa shape index (κ2) is 9.93. The maximum absolute atomic E-state index is 14.1. The first-order valence-electron chi connectivity index (χ1n) is 11.9. The Bertz CT molecular complexity index is 786. The first kappa shape index (κ1) is 24.5. The Labute approximate surface area is 199 Å². The molecule has 0 aromatic carbocycles. The molecule has 4 fully saturated rings. The summed E-state index contributed by atoms with van der Waals surface area (Å²) in [4.78, 5) is 45.4. The zero-order chi connectivity index (χ0) is 23.8. The smallest absolute Gasteiger partial charge is 0.308 e. The van der Waals surface area contributed by atoms with Crippen LogP contribution in [0.4, 0.5) is 0 Å². The van der Waals surface area contributed by atoms with Crippen LogP contribution in [-0.2, 0) is 19.1 Å². The quantitative estimate of drug-likeness (QED) is 0.428. The third-order valence-electron chi connectivity index (χ3n) is 7.78. The van der Waals surface area contributed by atoms with E-state index in [1.165, 1.54) is 11.8 Å². The van der Waals surface area contributed by atoms with Gasteiger partial charge in [0.1, 0.15) is 6.04 Å². The van der Waals surface area contributed by atoms with Gasteiger partial charge in [-0.1, -0.05) is 13.0 Å². The van der Waals surface area contributed by atoms with E-state index in [1.807, 2.05) is 6.92 Å². The van der Waals surface area contributed by atoms with E-state index in [4.69, 9.17) is 4.74 Å². The third kappa shape index (κ3) is 4.09. The summed E-state index contributed by atoms with van der Waals surface area (Å²) >= 11 is 1.52. The van der Waals surface area contributed by atoms with Crippen LogP contribution in [0.15, 0.2) is 12.7 Å². The zero-order valence-electron chi connectivity index (χ0n) is 19.2. The number of carboxylic acids is 1. The largest absolute Gasteiger partial charge is 0.481 e. The van der Waals surface area contributed by atoms with Crippen molar-refractivity contribution in [2.75, 3.05) is 52.5 Å². The molecule has 10 heteroatoms. The number of carbonyl (C=O) groups excluding carboxylic acids is 2. The summed E-state index contributed by atoms with van der Waals surface area (Å²) in [5.74, 6) is -2.92. The summed E-state index contributed by atoms with van der Waals surface area (Å²) in [6.07, 6.45) is 3.52. The summed E-state index contributed by atoms with van der Waals surface area (Å²) in [5.41, 5.74) is 0. The number of carbonyl (C=O) groups is 3. The van der Waals surface area contributed by atoms with E-state index in [2.05, 4.69) is 11.5 Å². The lowest BCUT2D eigenvalue weighted by Gasteiger charge is -2.40. The topological polar surface area (TPSA) is 111 Å². The predicted octanol–water partition coefficient (Wildman–Crippen LogP) is 0.280. The first-order valence-corrected chi connectivity index (χ1v) is 12.8. The number of likely N-dealkylation sites (tertiary alicyclic amines) is 1. The van der Waals surface area contributed by atoms with Gasteiger partial charge in [0.05, 0.1) is 42.4 Å². The van der Waals surface area contributed by atoms with Crippen LogP contribution in [-0.4, -0.2) is 117 Å². The Hall–Kier alpha value is -1.62. The van der Waals surface area contributed by atoms with E-state index in [0.717, 1.165) is 13.1 Å². The molecule has 0 radical (unpaired) electrons. The standard InChI is InChI=1S/C23H35N3O6S/c1-3-7-25(9-8-24-10-12-32-13-11-24)21(29)19-23-6-5-16(33-23)17(22(30)31)18(23)20(28)26(19)15(4-2)14-27/h3,15-19,27H,1,4-14H2,2H3,(H,30,31)/t15-,16-,17+,18-,19?,23?/m0/s1. The number of carboxylic acid groups (broad SMARTS) is 1. The Morgan fingerprint density at radius 1 is 1.39 bits per heavy atom. The molecule has 0 saturated carbocycles. The maximum Gasteiger partial charge on any atom is 0.308 e. The van der Waals surface area contributed by atoms with Crippen LogP contribution < -0.4 is 0 Å². The van der Waals surface area contributed by atoms with Crippen LogP contribution in [0.5, 0.6) is 0 Å². The number of fused-ring (bicyclic) bond motifs is 1. The number of aliphatic hydroxyl groups is 1. The predicted molar refractivity (Wildman–Crippen MR) is 124 cm³/mol. The van der Waals surface area contributed by atoms with Gasteiger partial charge in [0.2, 0.25) is 11.8 Å². The molecule has 2 amide bonds. The van der Waals surface area contributed by atoms with Crippen molar-refractivity contribution in [3.8, 4) is 0 Å². The van der Waals surface area contributed by atoms with E-state index < -0.39 is 34.6 Å². The molecule has 33 heavy (non-hydrogen) atoms. The fraction of sp³-hybridized carbons (Fsp3) is 0.783. The van der Waals surface area contributed by atoms with Gasteiger partial charge < -0.3 is 24.7 Å². The number of hydrogen-bond donors (Lipinski definition) is 2. The number of amides is 2. The van der Waals surface area contributed by atoms with E-state index >= 15 is 0 Å². The van der Waals surface area contributed by atoms with Crippen molar-refractivity contribution in [3.63, 3.8) is 0 Å². The number of rotatable bonds is 10. The maximum atomic E-state index is 14.1. The lowest BCUT2D eigenvalue weighted by atomic mass is 9.71. The van der Waals surface area contributed by atoms with Crippen LogP contribution >= 0.6 is 11.8 Å². The van der Waals surface area contributed by atoms with Crippen LogP contribution in [0, 0.1) is 11.8 Å². The first-order chi connectivity index (χ1) is 15.9. The van der Waals surface area contributed by atoms with E-state index in [0.29, 0.717) is 52.1 Å². The minimum Gasteiger partial charge on any atom is -0.481 e. The summed E-state index contributed by atoms with van der Waals surface area (Å²) in [5, 5.41) is 19.8. The summed E-state index contributed by atoms with van der Waals surface area (Å²) in [7, 11) is 0. The van der Waals surface area contributed by atoms with Crippen molar-refractivity contribution < 1.29 is 29.3 Å². The molecule has 1 spiro atoms. The molecular formula is C23H35N3O6S. The molecule has 4 saturated heterocycles. The number of nitrogens with zero attached hydrogens (tertiary/aromatic N) is 3. The minimum atomic E-state index is -0.965. The molecule has 9 nitrogen and oxygen atoms in total. The molecule has 2 bridgehead atoms. The molecule has 4 rings (SSSR count). The van der Waals surface area contributed by atoms with Gasteiger partial charge >= 0.3 is 5.97 Å². The Kier molecular flexibility index (Phi) is 7.38. The normalized spacial score (nSPS) is 34.4. The van der Waals surface area contributed by atoms with Crippen LogP contribution in [0.1, 0.15) is 26.2 Å². The Morgan fingerprint density at radius 2 is 2.12 bits per heavy atom. The molecule has 4 heterocycles. The highest BCUT2D eigenvalue weighted by molar-refractivity contribution is 8.02. The van der Waals surface area contributed by atoms with Crippen LogP contribution in [0.3, 0.4) is 0 Å². The van der Waals surface area contributed by atoms with Crippen molar-refractivity contribution in [3.05, 3.63) is 12.7 Å². The monoisotopic (exact) mass is 481 g/mol. The SMILES string of the molecule is C=CCN(CCN1CCOCC1)C(=O)C1N([C@@H](CC)CO)C(=O)[C@@H]2[C@H](C(=O)O)[C@@H]3CCC12S3. The van der Waals surface area contributed by atoms with Gasteiger partial charge in [-0.2, -0.15) is 0 Å². The molecular weight excluding hydrogens is 446 g/mol. The number of thioether (sulfide) groups is 1. The molecule has 6 atom stereocenters. The Morgan fingerprint density at radius 3 is 2.73 bits per heavy atom. The molecule has 184 valence electrons. The van der Waals surface area contributed by atoms with Crippen LogP contribution in [0.25, 0.3) is 0 Å². The van der Waals surface area contributed by atoms with Gasteiger partial charge in [0.25, 0.3) is 0 Å². The summed E-state index contributed by atoms with van der Waals surface area (Å²) < 4.78 is 4.66. The second-order valence-electron chi connectivity index (χ2n) is 9.41. The average molecular weight is 482 g/mol. The molecule has 0 aromatic heterocycles. The van der Waals surface area contributed by atoms with Crippen molar-refractivity contribution >= 4 is 29.5 Å². The van der Waals surface area contributed by atoms with Crippen molar-refractivity contribution in [2.24, 2.45) is 11.8 Å². The molecule has 4 aliphatic heterocycles. The highest BCUT2D eigenvalue weighted by Gasteiger charge is 2.74. The summed E-state index contributed by atoms with van der Waals surface area (Å²) in [6, 6.07) is -1.28. The van der Waals surface area contributed by atoms with Gasteiger partial charge in [-0.15, -0.1) is 18.3 Å². The highest BCUT2D eigenvalue weighted by atomic mass is 32.2. The molecule has 4 aliphatic rings. The third-order valence-corrected chi connectivity index (χ3v) is 9.74. The molecule has 2 N–H and O–H groups in total.